The normalized spacial score (nSPS) is 33.8. The zero-order valence-electron chi connectivity index (χ0n) is 6.32. The van der Waals surface area contributed by atoms with Crippen molar-refractivity contribution in [3.05, 3.63) is 0 Å². The number of alkyl halides is 3. The van der Waals surface area contributed by atoms with Gasteiger partial charge in [0.1, 0.15) is 0 Å². The Bertz CT molecular complexity index is 124. The fourth-order valence-corrected chi connectivity index (χ4v) is 1.49. The second-order valence-electron chi connectivity index (χ2n) is 3.26. The van der Waals surface area contributed by atoms with Crippen LogP contribution in [0.1, 0.15) is 25.7 Å². The zero-order chi connectivity index (χ0) is 8.48. The maximum absolute atomic E-state index is 12.0. The maximum atomic E-state index is 12.0. The molecule has 11 heavy (non-hydrogen) atoms. The van der Waals surface area contributed by atoms with E-state index in [-0.39, 0.29) is 18.9 Å². The molecule has 0 bridgehead atoms. The average Bonchev–Trinajstić information content (AvgIpc) is 1.86. The third-order valence-corrected chi connectivity index (χ3v) is 2.31. The summed E-state index contributed by atoms with van der Waals surface area (Å²) in [4.78, 5) is 0. The smallest absolute Gasteiger partial charge is 0.355 e. The molecule has 0 amide bonds. The van der Waals surface area contributed by atoms with Crippen LogP contribution in [0.5, 0.6) is 0 Å². The molecule has 1 fully saturated rings. The Kier molecular flexibility index (Phi) is 2.42. The highest BCUT2D eigenvalue weighted by molar-refractivity contribution is 4.75. The summed E-state index contributed by atoms with van der Waals surface area (Å²) < 4.78 is 36.1. The first-order valence-electron chi connectivity index (χ1n) is 3.90. The molecule has 1 saturated carbocycles. The minimum Gasteiger partial charge on any atom is -0.355 e. The Hall–Kier alpha value is -0.250. The van der Waals surface area contributed by atoms with Crippen molar-refractivity contribution in [3.63, 3.8) is 0 Å². The molecule has 0 atom stereocenters. The Labute approximate surface area is 63.8 Å². The Morgan fingerprint density at radius 3 is 1.82 bits per heavy atom. The van der Waals surface area contributed by atoms with Crippen molar-refractivity contribution >= 4 is 0 Å². The van der Waals surface area contributed by atoms with Crippen LogP contribution in [0, 0.1) is 5.92 Å². The molecule has 0 aromatic rings. The topological polar surface area (TPSA) is 27.6 Å². The van der Waals surface area contributed by atoms with E-state index in [4.69, 9.17) is 0 Å². The summed E-state index contributed by atoms with van der Waals surface area (Å²) in [6, 6.07) is 0.244. The van der Waals surface area contributed by atoms with E-state index in [1.165, 1.54) is 0 Å². The Morgan fingerprint density at radius 1 is 1.00 bits per heavy atom. The summed E-state index contributed by atoms with van der Waals surface area (Å²) in [5.41, 5.74) is 3.75. The molecular formula is C7H13F3N+. The largest absolute Gasteiger partial charge is 0.391 e. The van der Waals surface area contributed by atoms with E-state index in [1.54, 1.807) is 0 Å². The predicted molar refractivity (Wildman–Crippen MR) is 34.7 cm³/mol. The van der Waals surface area contributed by atoms with Gasteiger partial charge >= 0.3 is 6.18 Å². The van der Waals surface area contributed by atoms with E-state index in [2.05, 4.69) is 5.73 Å². The minimum atomic E-state index is -3.97. The third kappa shape index (κ3) is 2.36. The van der Waals surface area contributed by atoms with E-state index in [9.17, 15) is 13.2 Å². The summed E-state index contributed by atoms with van der Waals surface area (Å²) in [6.07, 6.45) is -2.16. The van der Waals surface area contributed by atoms with Gasteiger partial charge in [-0.1, -0.05) is 0 Å². The summed E-state index contributed by atoms with van der Waals surface area (Å²) in [6.45, 7) is 0. The molecule has 0 aromatic heterocycles. The van der Waals surface area contributed by atoms with E-state index in [1.807, 2.05) is 0 Å². The van der Waals surface area contributed by atoms with Crippen LogP contribution in [0.4, 0.5) is 13.2 Å². The SMILES string of the molecule is [NH3+]C1CCC(C(F)(F)F)CC1. The predicted octanol–water partition coefficient (Wildman–Crippen LogP) is 1.35. The van der Waals surface area contributed by atoms with Gasteiger partial charge in [0.2, 0.25) is 0 Å². The second kappa shape index (κ2) is 3.01. The van der Waals surface area contributed by atoms with Crippen molar-refractivity contribution in [1.82, 2.24) is 0 Å². The maximum Gasteiger partial charge on any atom is 0.391 e. The third-order valence-electron chi connectivity index (χ3n) is 2.31. The Morgan fingerprint density at radius 2 is 1.45 bits per heavy atom. The number of rotatable bonds is 0. The van der Waals surface area contributed by atoms with Crippen LogP contribution in [-0.2, 0) is 0 Å². The fourth-order valence-electron chi connectivity index (χ4n) is 1.49. The highest BCUT2D eigenvalue weighted by Crippen LogP contribution is 2.36. The van der Waals surface area contributed by atoms with E-state index >= 15 is 0 Å². The van der Waals surface area contributed by atoms with Crippen molar-refractivity contribution < 1.29 is 18.9 Å². The van der Waals surface area contributed by atoms with Crippen molar-refractivity contribution in [2.45, 2.75) is 37.9 Å². The molecule has 0 saturated heterocycles. The number of halogens is 3. The monoisotopic (exact) mass is 168 g/mol. The fraction of sp³-hybridized carbons (Fsp3) is 1.00. The first-order chi connectivity index (χ1) is 5.00. The van der Waals surface area contributed by atoms with Crippen LogP contribution in [0.25, 0.3) is 0 Å². The van der Waals surface area contributed by atoms with Crippen LogP contribution in [0.2, 0.25) is 0 Å². The first kappa shape index (κ1) is 8.84. The zero-order valence-corrected chi connectivity index (χ0v) is 6.32. The van der Waals surface area contributed by atoms with Gasteiger partial charge in [-0.05, 0) is 25.7 Å². The molecule has 0 aliphatic heterocycles. The summed E-state index contributed by atoms with van der Waals surface area (Å²) in [5.74, 6) is -1.06. The highest BCUT2D eigenvalue weighted by atomic mass is 19.4. The lowest BCUT2D eigenvalue weighted by atomic mass is 9.86. The van der Waals surface area contributed by atoms with E-state index in [0.717, 1.165) is 0 Å². The number of hydrogen-bond acceptors (Lipinski definition) is 0. The molecule has 0 heterocycles. The van der Waals surface area contributed by atoms with Crippen molar-refractivity contribution in [1.29, 1.82) is 0 Å². The number of hydrogen-bond donors (Lipinski definition) is 1. The second-order valence-corrected chi connectivity index (χ2v) is 3.26. The summed E-state index contributed by atoms with van der Waals surface area (Å²) >= 11 is 0. The van der Waals surface area contributed by atoms with Crippen LogP contribution in [0.3, 0.4) is 0 Å². The molecule has 1 aliphatic carbocycles. The van der Waals surface area contributed by atoms with Gasteiger partial charge in [0.05, 0.1) is 12.0 Å². The van der Waals surface area contributed by atoms with Gasteiger partial charge in [-0.2, -0.15) is 13.2 Å². The molecule has 4 heteroatoms. The molecule has 66 valence electrons. The molecule has 0 radical (unpaired) electrons. The highest BCUT2D eigenvalue weighted by Gasteiger charge is 2.41. The molecule has 3 N–H and O–H groups in total. The lowest BCUT2D eigenvalue weighted by molar-refractivity contribution is -0.428. The molecule has 0 spiro atoms. The Balaban J connectivity index is 2.39. The molecular weight excluding hydrogens is 155 g/mol. The van der Waals surface area contributed by atoms with Crippen LogP contribution < -0.4 is 5.73 Å². The van der Waals surface area contributed by atoms with Gasteiger partial charge in [0.15, 0.2) is 0 Å². The van der Waals surface area contributed by atoms with Crippen LogP contribution >= 0.6 is 0 Å². The van der Waals surface area contributed by atoms with Gasteiger partial charge in [-0.25, -0.2) is 0 Å². The molecule has 1 nitrogen and oxygen atoms in total. The molecule has 1 rings (SSSR count). The van der Waals surface area contributed by atoms with Crippen LogP contribution in [0.15, 0.2) is 0 Å². The van der Waals surface area contributed by atoms with Crippen molar-refractivity contribution in [2.24, 2.45) is 5.92 Å². The molecule has 1 aliphatic rings. The van der Waals surface area contributed by atoms with Gasteiger partial charge < -0.3 is 5.73 Å². The quantitative estimate of drug-likeness (QED) is 0.565. The molecule has 0 unspecified atom stereocenters. The average molecular weight is 168 g/mol. The standard InChI is InChI=1S/C7H12F3N/c8-7(9,10)5-1-3-6(11)4-2-5/h5-6H,1-4,11H2/p+1. The van der Waals surface area contributed by atoms with Crippen molar-refractivity contribution in [2.75, 3.05) is 0 Å². The van der Waals surface area contributed by atoms with E-state index in [0.29, 0.717) is 12.8 Å². The summed E-state index contributed by atoms with van der Waals surface area (Å²) in [5, 5.41) is 0. The van der Waals surface area contributed by atoms with Gasteiger partial charge in [-0.3, -0.25) is 0 Å². The lowest BCUT2D eigenvalue weighted by Gasteiger charge is -2.25. The van der Waals surface area contributed by atoms with Gasteiger partial charge in [-0.15, -0.1) is 0 Å². The minimum absolute atomic E-state index is 0.244. The van der Waals surface area contributed by atoms with Gasteiger partial charge in [0.25, 0.3) is 0 Å². The summed E-state index contributed by atoms with van der Waals surface area (Å²) in [7, 11) is 0. The first-order valence-corrected chi connectivity index (χ1v) is 3.90. The van der Waals surface area contributed by atoms with Crippen LogP contribution in [-0.4, -0.2) is 12.2 Å². The van der Waals surface area contributed by atoms with Gasteiger partial charge in [0, 0.05) is 0 Å². The van der Waals surface area contributed by atoms with Crippen molar-refractivity contribution in [3.8, 4) is 0 Å². The molecule has 0 aromatic carbocycles. The lowest BCUT2D eigenvalue weighted by Crippen LogP contribution is -2.62. The number of quaternary nitrogens is 1. The van der Waals surface area contributed by atoms with E-state index < -0.39 is 12.1 Å².